The van der Waals surface area contributed by atoms with Crippen molar-refractivity contribution >= 4 is 0 Å². The molecule has 42 valence electrons. The third-order valence-electron chi connectivity index (χ3n) is 0.679. The molecule has 0 radical (unpaired) electrons. The minimum Gasteiger partial charge on any atom is -0.239 e. The fourth-order valence-corrected chi connectivity index (χ4v) is 0.349. The van der Waals surface area contributed by atoms with Crippen LogP contribution in [0, 0.1) is 10.1 Å². The van der Waals surface area contributed by atoms with Gasteiger partial charge in [0.05, 0.1) is 12.4 Å². The van der Waals surface area contributed by atoms with E-state index in [4.69, 9.17) is 0 Å². The number of nitrogens with zero attached hydrogens (tertiary/aromatic N) is 3. The largest absolute Gasteiger partial charge is 1.00 e. The van der Waals surface area contributed by atoms with Gasteiger partial charge in [0, 0.05) is 0 Å². The minimum absolute atomic E-state index is 0. The van der Waals surface area contributed by atoms with Crippen molar-refractivity contribution in [3.63, 3.8) is 0 Å². The number of hydrogen-bond donors (Lipinski definition) is 0. The van der Waals surface area contributed by atoms with Crippen molar-refractivity contribution in [2.75, 3.05) is 0 Å². The third kappa shape index (κ3) is 2.13. The molecule has 0 saturated carbocycles. The Labute approximate surface area is 73.1 Å². The molecule has 0 saturated heterocycles. The SMILES string of the molecule is O=[N+]([O-])n1ccnc1.[Na+]. The second-order valence-electron chi connectivity index (χ2n) is 1.18. The molecule has 0 unspecified atom stereocenters. The van der Waals surface area contributed by atoms with Crippen LogP contribution >= 0.6 is 0 Å². The summed E-state index contributed by atoms with van der Waals surface area (Å²) in [5.74, 6) is 0. The van der Waals surface area contributed by atoms with Gasteiger partial charge in [-0.1, -0.05) is 4.68 Å². The van der Waals surface area contributed by atoms with Gasteiger partial charge in [0.15, 0.2) is 11.4 Å². The number of aromatic nitrogens is 2. The summed E-state index contributed by atoms with van der Waals surface area (Å²) in [5, 5.41) is 9.23. The van der Waals surface area contributed by atoms with Crippen LogP contribution in [-0.4, -0.2) is 14.7 Å². The summed E-state index contributed by atoms with van der Waals surface area (Å²) in [7, 11) is 0. The number of hydrogen-bond acceptors (Lipinski definition) is 3. The molecular formula is C3H3N3NaO2+. The van der Waals surface area contributed by atoms with E-state index in [1.807, 2.05) is 0 Å². The van der Waals surface area contributed by atoms with E-state index in [0.717, 1.165) is 11.0 Å². The van der Waals surface area contributed by atoms with E-state index in [-0.39, 0.29) is 29.6 Å². The van der Waals surface area contributed by atoms with Crippen LogP contribution in [0.1, 0.15) is 0 Å². The number of rotatable bonds is 1. The Balaban J connectivity index is 0.000000640. The maximum atomic E-state index is 9.79. The molecule has 0 fully saturated rings. The Morgan fingerprint density at radius 1 is 1.67 bits per heavy atom. The second-order valence-corrected chi connectivity index (χ2v) is 1.18. The predicted octanol–water partition coefficient (Wildman–Crippen LogP) is -3.07. The first-order valence-electron chi connectivity index (χ1n) is 1.93. The fraction of sp³-hybridized carbons (Fsp3) is 0. The molecule has 1 aromatic rings. The van der Waals surface area contributed by atoms with Crippen LogP contribution in [-0.2, 0) is 0 Å². The van der Waals surface area contributed by atoms with E-state index < -0.39 is 5.03 Å². The first-order valence-corrected chi connectivity index (χ1v) is 1.93. The molecule has 5 nitrogen and oxygen atoms in total. The Morgan fingerprint density at radius 3 is 2.56 bits per heavy atom. The molecule has 0 amide bonds. The summed E-state index contributed by atoms with van der Waals surface area (Å²) >= 11 is 0. The third-order valence-corrected chi connectivity index (χ3v) is 0.679. The van der Waals surface area contributed by atoms with E-state index in [0.29, 0.717) is 0 Å². The molecule has 1 rings (SSSR count). The Bertz CT molecular complexity index is 185. The Hall–Kier alpha value is -0.390. The molecule has 0 N–H and O–H groups in total. The van der Waals surface area contributed by atoms with Gasteiger partial charge >= 0.3 is 29.6 Å². The van der Waals surface area contributed by atoms with Crippen LogP contribution in [0.4, 0.5) is 0 Å². The maximum Gasteiger partial charge on any atom is 1.00 e. The molecule has 1 heterocycles. The normalized spacial score (nSPS) is 8.00. The molecule has 0 spiro atoms. The summed E-state index contributed by atoms with van der Waals surface area (Å²) < 4.78 is 0.778. The van der Waals surface area contributed by atoms with Crippen molar-refractivity contribution in [2.45, 2.75) is 0 Å². The molecule has 1 aromatic heterocycles. The van der Waals surface area contributed by atoms with Crippen molar-refractivity contribution in [3.05, 3.63) is 28.8 Å². The van der Waals surface area contributed by atoms with Gasteiger partial charge in [0.1, 0.15) is 0 Å². The molecular weight excluding hydrogens is 133 g/mol. The molecule has 0 aliphatic carbocycles. The van der Waals surface area contributed by atoms with E-state index >= 15 is 0 Å². The molecule has 0 atom stereocenters. The van der Waals surface area contributed by atoms with Gasteiger partial charge in [-0.05, 0) is 0 Å². The number of nitro groups is 1. The maximum absolute atomic E-state index is 9.79. The monoisotopic (exact) mass is 136 g/mol. The summed E-state index contributed by atoms with van der Waals surface area (Å²) in [6.07, 6.45) is 3.74. The molecule has 9 heavy (non-hydrogen) atoms. The molecule has 0 aromatic carbocycles. The summed E-state index contributed by atoms with van der Waals surface area (Å²) in [6, 6.07) is 0. The standard InChI is InChI=1S/C3H3N3O2.Na/c7-6(8)5-2-1-4-3-5;/h1-3H;/q;+1. The minimum atomic E-state index is -0.562. The molecule has 6 heteroatoms. The van der Waals surface area contributed by atoms with Crippen molar-refractivity contribution in [1.29, 1.82) is 0 Å². The zero-order chi connectivity index (χ0) is 5.98. The molecule has 0 bridgehead atoms. The van der Waals surface area contributed by atoms with Crippen molar-refractivity contribution < 1.29 is 34.6 Å². The van der Waals surface area contributed by atoms with Gasteiger partial charge in [-0.3, -0.25) is 0 Å². The predicted molar refractivity (Wildman–Crippen MR) is 24.6 cm³/mol. The topological polar surface area (TPSA) is 61.0 Å². The zero-order valence-corrected chi connectivity index (χ0v) is 6.89. The van der Waals surface area contributed by atoms with Gasteiger partial charge in [-0.15, -0.1) is 0 Å². The summed E-state index contributed by atoms with van der Waals surface area (Å²) in [4.78, 5) is 13.3. The van der Waals surface area contributed by atoms with Crippen LogP contribution in [0.3, 0.4) is 0 Å². The van der Waals surface area contributed by atoms with E-state index in [1.54, 1.807) is 0 Å². The second kappa shape index (κ2) is 3.60. The first-order chi connectivity index (χ1) is 3.80. The van der Waals surface area contributed by atoms with Crippen molar-refractivity contribution in [3.8, 4) is 0 Å². The van der Waals surface area contributed by atoms with Crippen LogP contribution < -0.4 is 29.6 Å². The van der Waals surface area contributed by atoms with Crippen molar-refractivity contribution in [2.24, 2.45) is 0 Å². The fourth-order valence-electron chi connectivity index (χ4n) is 0.349. The van der Waals surface area contributed by atoms with Crippen LogP contribution in [0.15, 0.2) is 18.7 Å². The van der Waals surface area contributed by atoms with E-state index in [9.17, 15) is 10.1 Å². The van der Waals surface area contributed by atoms with Gasteiger partial charge in [-0.2, -0.15) is 0 Å². The van der Waals surface area contributed by atoms with Crippen molar-refractivity contribution in [1.82, 2.24) is 9.66 Å². The zero-order valence-electron chi connectivity index (χ0n) is 4.89. The van der Waals surface area contributed by atoms with Gasteiger partial charge in [0.25, 0.3) is 0 Å². The molecule has 0 aliphatic heterocycles. The average Bonchev–Trinajstić information content (AvgIpc) is 2.12. The molecule has 0 aliphatic rings. The van der Waals surface area contributed by atoms with Crippen LogP contribution in [0.25, 0.3) is 0 Å². The summed E-state index contributed by atoms with van der Waals surface area (Å²) in [5.41, 5.74) is 0. The van der Waals surface area contributed by atoms with E-state index in [1.165, 1.54) is 12.4 Å². The Morgan fingerprint density at radius 2 is 2.33 bits per heavy atom. The average molecular weight is 136 g/mol. The van der Waals surface area contributed by atoms with Gasteiger partial charge in [0.2, 0.25) is 0 Å². The number of imidazole rings is 1. The first kappa shape index (κ1) is 8.61. The van der Waals surface area contributed by atoms with E-state index in [2.05, 4.69) is 4.98 Å². The quantitative estimate of drug-likeness (QED) is 0.234. The van der Waals surface area contributed by atoms with Crippen LogP contribution in [0.2, 0.25) is 0 Å². The van der Waals surface area contributed by atoms with Gasteiger partial charge < -0.3 is 0 Å². The van der Waals surface area contributed by atoms with Gasteiger partial charge in [-0.25, -0.2) is 15.1 Å². The Kier molecular flexibility index (Phi) is 3.44. The summed E-state index contributed by atoms with van der Waals surface area (Å²) in [6.45, 7) is 0. The van der Waals surface area contributed by atoms with Crippen LogP contribution in [0.5, 0.6) is 0 Å². The smallest absolute Gasteiger partial charge is 0.239 e.